The molecule has 1 aromatic carbocycles. The van der Waals surface area contributed by atoms with E-state index in [1.54, 1.807) is 6.20 Å². The maximum absolute atomic E-state index is 11.7. The molecule has 0 saturated carbocycles. The molecule has 0 spiro atoms. The van der Waals surface area contributed by atoms with E-state index < -0.39 is 10.0 Å². The fraction of sp³-hybridized carbons (Fsp3) is 0.308. The molecule has 0 unspecified atom stereocenters. The SMILES string of the molecule is O=S1(=O)CCCN1Cc1ncc(-c2ccccc2)o1. The van der Waals surface area contributed by atoms with Crippen LogP contribution in [-0.4, -0.2) is 30.0 Å². The number of hydrogen-bond acceptors (Lipinski definition) is 4. The minimum absolute atomic E-state index is 0.217. The molecular weight excluding hydrogens is 264 g/mol. The maximum Gasteiger partial charge on any atom is 0.214 e. The first-order valence-electron chi connectivity index (χ1n) is 6.13. The second-order valence-corrected chi connectivity index (χ2v) is 6.58. The molecule has 0 bridgehead atoms. The molecule has 0 radical (unpaired) electrons. The molecule has 3 rings (SSSR count). The van der Waals surface area contributed by atoms with Gasteiger partial charge in [-0.15, -0.1) is 0 Å². The van der Waals surface area contributed by atoms with Gasteiger partial charge in [-0.2, -0.15) is 4.31 Å². The van der Waals surface area contributed by atoms with Gasteiger partial charge in [-0.25, -0.2) is 13.4 Å². The Kier molecular flexibility index (Phi) is 3.12. The first kappa shape index (κ1) is 12.4. The number of aromatic nitrogens is 1. The van der Waals surface area contributed by atoms with E-state index >= 15 is 0 Å². The third kappa shape index (κ3) is 2.54. The van der Waals surface area contributed by atoms with Crippen molar-refractivity contribution in [3.05, 3.63) is 42.4 Å². The summed E-state index contributed by atoms with van der Waals surface area (Å²) in [5.74, 6) is 1.32. The topological polar surface area (TPSA) is 63.4 Å². The third-order valence-corrected chi connectivity index (χ3v) is 5.03. The second kappa shape index (κ2) is 4.79. The first-order chi connectivity index (χ1) is 9.15. The van der Waals surface area contributed by atoms with Gasteiger partial charge in [-0.05, 0) is 6.42 Å². The zero-order valence-corrected chi connectivity index (χ0v) is 11.1. The monoisotopic (exact) mass is 278 g/mol. The van der Waals surface area contributed by atoms with Crippen molar-refractivity contribution < 1.29 is 12.8 Å². The minimum atomic E-state index is -3.11. The Balaban J connectivity index is 1.79. The van der Waals surface area contributed by atoms with Gasteiger partial charge in [0.05, 0.1) is 18.5 Å². The van der Waals surface area contributed by atoms with Crippen molar-refractivity contribution in [2.45, 2.75) is 13.0 Å². The summed E-state index contributed by atoms with van der Waals surface area (Å²) in [7, 11) is -3.11. The van der Waals surface area contributed by atoms with Gasteiger partial charge in [0.1, 0.15) is 0 Å². The predicted octanol–water partition coefficient (Wildman–Crippen LogP) is 1.88. The molecule has 0 aliphatic carbocycles. The molecule has 100 valence electrons. The van der Waals surface area contributed by atoms with Crippen molar-refractivity contribution in [2.24, 2.45) is 0 Å². The van der Waals surface area contributed by atoms with Gasteiger partial charge in [0.25, 0.3) is 0 Å². The van der Waals surface area contributed by atoms with Gasteiger partial charge in [-0.3, -0.25) is 0 Å². The molecular formula is C13H14N2O3S. The molecule has 1 aliphatic heterocycles. The van der Waals surface area contributed by atoms with Crippen LogP contribution in [0.1, 0.15) is 12.3 Å². The molecule has 1 aliphatic rings. The molecule has 0 atom stereocenters. The summed E-state index contributed by atoms with van der Waals surface area (Å²) in [4.78, 5) is 4.15. The zero-order valence-electron chi connectivity index (χ0n) is 10.3. The van der Waals surface area contributed by atoms with Crippen LogP contribution in [0.4, 0.5) is 0 Å². The summed E-state index contributed by atoms with van der Waals surface area (Å²) in [6.45, 7) is 0.764. The highest BCUT2D eigenvalue weighted by Crippen LogP contribution is 2.22. The normalized spacial score (nSPS) is 18.7. The van der Waals surface area contributed by atoms with Crippen LogP contribution in [0.2, 0.25) is 0 Å². The lowest BCUT2D eigenvalue weighted by molar-refractivity contribution is 0.379. The molecule has 5 nitrogen and oxygen atoms in total. The number of rotatable bonds is 3. The molecule has 0 amide bonds. The van der Waals surface area contributed by atoms with Crippen LogP contribution in [0.15, 0.2) is 40.9 Å². The van der Waals surface area contributed by atoms with Gasteiger partial charge >= 0.3 is 0 Å². The lowest BCUT2D eigenvalue weighted by Crippen LogP contribution is -2.25. The molecule has 1 saturated heterocycles. The van der Waals surface area contributed by atoms with E-state index in [1.165, 1.54) is 4.31 Å². The van der Waals surface area contributed by atoms with E-state index in [9.17, 15) is 8.42 Å². The minimum Gasteiger partial charge on any atom is -0.439 e. The van der Waals surface area contributed by atoms with Crippen LogP contribution in [0.25, 0.3) is 11.3 Å². The highest BCUT2D eigenvalue weighted by molar-refractivity contribution is 7.89. The molecule has 0 N–H and O–H groups in total. The Labute approximate surface area is 111 Å². The van der Waals surface area contributed by atoms with Crippen LogP contribution in [0, 0.1) is 0 Å². The van der Waals surface area contributed by atoms with Crippen molar-refractivity contribution in [2.75, 3.05) is 12.3 Å². The average Bonchev–Trinajstić information content (AvgIpc) is 2.99. The molecule has 2 heterocycles. The number of sulfonamides is 1. The van der Waals surface area contributed by atoms with E-state index in [4.69, 9.17) is 4.42 Å². The Hall–Kier alpha value is -1.66. The van der Waals surface area contributed by atoms with E-state index in [2.05, 4.69) is 4.98 Å². The van der Waals surface area contributed by atoms with E-state index in [1.807, 2.05) is 30.3 Å². The van der Waals surface area contributed by atoms with Crippen LogP contribution in [0.5, 0.6) is 0 Å². The van der Waals surface area contributed by atoms with Gasteiger partial charge in [0.2, 0.25) is 15.9 Å². The van der Waals surface area contributed by atoms with Crippen LogP contribution in [-0.2, 0) is 16.6 Å². The Morgan fingerprint density at radius 1 is 1.26 bits per heavy atom. The van der Waals surface area contributed by atoms with Gasteiger partial charge in [0.15, 0.2) is 5.76 Å². The van der Waals surface area contributed by atoms with Crippen molar-refractivity contribution in [3.63, 3.8) is 0 Å². The summed E-state index contributed by atoms with van der Waals surface area (Å²) >= 11 is 0. The molecule has 19 heavy (non-hydrogen) atoms. The Bertz CT molecular complexity index is 664. The Morgan fingerprint density at radius 3 is 2.74 bits per heavy atom. The Morgan fingerprint density at radius 2 is 2.05 bits per heavy atom. The van der Waals surface area contributed by atoms with Crippen molar-refractivity contribution in [3.8, 4) is 11.3 Å². The van der Waals surface area contributed by atoms with Crippen LogP contribution >= 0.6 is 0 Å². The summed E-state index contributed by atoms with van der Waals surface area (Å²) in [6, 6.07) is 9.62. The van der Waals surface area contributed by atoms with Gasteiger partial charge < -0.3 is 4.42 Å². The van der Waals surface area contributed by atoms with E-state index in [-0.39, 0.29) is 12.3 Å². The first-order valence-corrected chi connectivity index (χ1v) is 7.74. The number of oxazole rings is 1. The molecule has 2 aromatic rings. The quantitative estimate of drug-likeness (QED) is 0.860. The smallest absolute Gasteiger partial charge is 0.214 e. The summed E-state index contributed by atoms with van der Waals surface area (Å²) in [5.41, 5.74) is 0.936. The number of nitrogens with zero attached hydrogens (tertiary/aromatic N) is 2. The molecule has 6 heteroatoms. The van der Waals surface area contributed by atoms with Gasteiger partial charge in [-0.1, -0.05) is 30.3 Å². The second-order valence-electron chi connectivity index (χ2n) is 4.49. The lowest BCUT2D eigenvalue weighted by atomic mass is 10.2. The molecule has 1 fully saturated rings. The largest absolute Gasteiger partial charge is 0.439 e. The standard InChI is InChI=1S/C13H14N2O3S/c16-19(17)8-4-7-15(19)10-13-14-9-12(18-13)11-5-2-1-3-6-11/h1-3,5-6,9H,4,7-8,10H2. The number of hydrogen-bond donors (Lipinski definition) is 0. The van der Waals surface area contributed by atoms with Crippen molar-refractivity contribution >= 4 is 10.0 Å². The highest BCUT2D eigenvalue weighted by Gasteiger charge is 2.29. The summed E-state index contributed by atoms with van der Waals surface area (Å²) < 4.78 is 30.4. The average molecular weight is 278 g/mol. The van der Waals surface area contributed by atoms with Crippen molar-refractivity contribution in [1.82, 2.24) is 9.29 Å². The van der Waals surface area contributed by atoms with E-state index in [0.717, 1.165) is 5.56 Å². The van der Waals surface area contributed by atoms with Crippen LogP contribution in [0.3, 0.4) is 0 Å². The zero-order chi connectivity index (χ0) is 13.3. The van der Waals surface area contributed by atoms with Gasteiger partial charge in [0, 0.05) is 12.1 Å². The third-order valence-electron chi connectivity index (χ3n) is 3.13. The maximum atomic E-state index is 11.7. The van der Waals surface area contributed by atoms with E-state index in [0.29, 0.717) is 24.6 Å². The molecule has 1 aromatic heterocycles. The fourth-order valence-corrected chi connectivity index (χ4v) is 3.61. The van der Waals surface area contributed by atoms with Crippen molar-refractivity contribution in [1.29, 1.82) is 0 Å². The lowest BCUT2D eigenvalue weighted by Gasteiger charge is -2.10. The summed E-state index contributed by atoms with van der Waals surface area (Å²) in [5, 5.41) is 0. The predicted molar refractivity (Wildman–Crippen MR) is 70.8 cm³/mol. The van der Waals surface area contributed by atoms with Crippen LogP contribution < -0.4 is 0 Å². The number of benzene rings is 1. The highest BCUT2D eigenvalue weighted by atomic mass is 32.2. The summed E-state index contributed by atoms with van der Waals surface area (Å²) in [6.07, 6.45) is 2.31. The fourth-order valence-electron chi connectivity index (χ4n) is 2.14.